The molecule has 8 rings (SSSR count). The van der Waals surface area contributed by atoms with Crippen LogP contribution in [-0.2, 0) is 38.1 Å². The van der Waals surface area contributed by atoms with E-state index in [1.54, 1.807) is 53.0 Å². The van der Waals surface area contributed by atoms with Crippen LogP contribution in [0.3, 0.4) is 0 Å². The molecule has 2 fully saturated rings. The number of allylic oxidation sites excluding steroid dienone is 5. The third-order valence-electron chi connectivity index (χ3n) is 16.0. The van der Waals surface area contributed by atoms with Crippen molar-refractivity contribution >= 4 is 29.0 Å². The number of ketones is 1. The van der Waals surface area contributed by atoms with Crippen LogP contribution in [0.5, 0.6) is 0 Å². The first kappa shape index (κ1) is 49.7. The van der Waals surface area contributed by atoms with Crippen LogP contribution < -0.4 is 15.6 Å². The molecule has 0 aromatic heterocycles. The van der Waals surface area contributed by atoms with E-state index in [4.69, 9.17) is 33.1 Å². The quantitative estimate of drug-likeness (QED) is 0.217. The van der Waals surface area contributed by atoms with Gasteiger partial charge in [-0.1, -0.05) is 45.9 Å². The summed E-state index contributed by atoms with van der Waals surface area (Å²) in [6.07, 6.45) is 5.62. The average Bonchev–Trinajstić information content (AvgIpc) is 3.63. The monoisotopic (exact) mass is 955 g/mol. The van der Waals surface area contributed by atoms with Crippen LogP contribution in [-0.4, -0.2) is 106 Å². The predicted molar refractivity (Wildman–Crippen MR) is 252 cm³/mol. The number of fused-ring (bicyclic) bond motifs is 4. The minimum Gasteiger partial charge on any atom is -0.509 e. The third kappa shape index (κ3) is 8.38. The van der Waals surface area contributed by atoms with Gasteiger partial charge in [0.05, 0.1) is 53.3 Å². The number of esters is 1. The molecule has 17 nitrogen and oxygen atoms in total. The van der Waals surface area contributed by atoms with Crippen molar-refractivity contribution in [2.24, 2.45) is 41.4 Å². The third-order valence-corrected chi connectivity index (χ3v) is 16.0. The number of nitrogens with zero attached hydrogens (tertiary/aromatic N) is 2. The summed E-state index contributed by atoms with van der Waals surface area (Å²) in [6.45, 7) is 16.1. The van der Waals surface area contributed by atoms with E-state index < -0.39 is 100 Å². The van der Waals surface area contributed by atoms with Gasteiger partial charge in [0, 0.05) is 106 Å². The summed E-state index contributed by atoms with van der Waals surface area (Å²) in [4.78, 5) is 62.4. The normalized spacial score (nSPS) is 38.0. The topological polar surface area (TPSA) is 237 Å². The Balaban J connectivity index is 1.28. The molecule has 0 spiro atoms. The second-order valence-corrected chi connectivity index (χ2v) is 20.2. The van der Waals surface area contributed by atoms with Gasteiger partial charge in [0.25, 0.3) is 5.91 Å². The molecule has 5 N–H and O–H groups in total. The van der Waals surface area contributed by atoms with Crippen LogP contribution in [0.1, 0.15) is 92.5 Å². The molecule has 4 heterocycles. The van der Waals surface area contributed by atoms with Crippen molar-refractivity contribution in [3.63, 3.8) is 0 Å². The minimum absolute atomic E-state index is 0.0189. The summed E-state index contributed by atoms with van der Waals surface area (Å²) in [5.41, 5.74) is -0.214. The van der Waals surface area contributed by atoms with Crippen molar-refractivity contribution in [2.45, 2.75) is 117 Å². The lowest BCUT2D eigenvalue weighted by atomic mass is 9.69. The van der Waals surface area contributed by atoms with Gasteiger partial charge in [-0.2, -0.15) is 0 Å². The standard InChI is InChI=1S/C52H65N3O14/c1-23-13-12-14-24(2)50(63)54-41-45(61)37-36(40-48(41)68-35-20-32(19-33(57)39(35)53-40)55-21-30-15-16-31(22-55)51(30,8)65-11)38-47(28(6)44(37)60)69-52(9,49(38)62)66-18-17-34(64-10)25(3)46(67-29(7)56)27(5)43(59)26(4)42(23)58/h12-14,17-20,23,25-27,30-31,34,36-37,42-43,46,58-59,61-62H,15-16,21-22H2,1-11H3,(H,54,63)/b13-12+,18-17+,24-14-/t23-,25+,26+,27+,30?,31?,34-,36?,37?,42-,43+,46+,51?,52-/m0/s1. The van der Waals surface area contributed by atoms with E-state index in [0.29, 0.717) is 18.8 Å². The van der Waals surface area contributed by atoms with Crippen LogP contribution in [0.4, 0.5) is 5.69 Å². The summed E-state index contributed by atoms with van der Waals surface area (Å²) in [7, 11) is 3.19. The number of nitrogens with one attached hydrogen (secondary N) is 1. The molecule has 6 bridgehead atoms. The SMILES string of the molecule is CO[C@H]1/C=C/O[C@@]2(C)OC3=C(C)C(=O)C4C(O)=C(NC(=O)/C(C)=C\C=C\[C@H](C)[C@H](O)[C@@H](C)[C@@H](O)[C@@H](C)[C@H](OC(C)=O)[C@@H]1C)c1oc5cc(N6CC7CCC(C6)C7(C)OC)cc(=O)c-5nc1C4C3=C2O. The van der Waals surface area contributed by atoms with Gasteiger partial charge in [-0.15, -0.1) is 0 Å². The van der Waals surface area contributed by atoms with Gasteiger partial charge >= 0.3 is 11.8 Å². The Hall–Kier alpha value is -5.75. The fraction of sp³-hybridized carbons (Fsp3) is 0.558. The number of aliphatic hydroxyl groups excluding tert-OH is 4. The van der Waals surface area contributed by atoms with Crippen LogP contribution >= 0.6 is 0 Å². The minimum atomic E-state index is -1.96. The van der Waals surface area contributed by atoms with E-state index in [2.05, 4.69) is 17.1 Å². The van der Waals surface area contributed by atoms with Crippen molar-refractivity contribution in [1.82, 2.24) is 10.3 Å². The number of methoxy groups -OCH3 is 2. The van der Waals surface area contributed by atoms with Gasteiger partial charge in [-0.3, -0.25) is 19.2 Å². The Labute approximate surface area is 401 Å². The number of benzene rings is 1. The van der Waals surface area contributed by atoms with Gasteiger partial charge in [0.15, 0.2) is 28.8 Å². The summed E-state index contributed by atoms with van der Waals surface area (Å²) in [6, 6.07) is 3.22. The molecule has 4 aliphatic heterocycles. The summed E-state index contributed by atoms with van der Waals surface area (Å²) in [5, 5.41) is 50.4. The molecule has 69 heavy (non-hydrogen) atoms. The smallest absolute Gasteiger partial charge is 0.306 e. The maximum Gasteiger partial charge on any atom is 0.306 e. The Kier molecular flexibility index (Phi) is 13.3. The van der Waals surface area contributed by atoms with Gasteiger partial charge in [-0.25, -0.2) is 4.98 Å². The molecule has 4 aliphatic carbocycles. The fourth-order valence-electron chi connectivity index (χ4n) is 11.5. The number of carbonyl (C=O) groups is 3. The van der Waals surface area contributed by atoms with Crippen molar-refractivity contribution < 1.29 is 62.9 Å². The first-order valence-electron chi connectivity index (χ1n) is 23.7. The van der Waals surface area contributed by atoms with Crippen molar-refractivity contribution in [3.8, 4) is 11.5 Å². The van der Waals surface area contributed by atoms with Crippen LogP contribution in [0.15, 0.2) is 85.9 Å². The highest BCUT2D eigenvalue weighted by Crippen LogP contribution is 2.57. The predicted octanol–water partition coefficient (Wildman–Crippen LogP) is 6.12. The molecule has 1 saturated heterocycles. The largest absolute Gasteiger partial charge is 0.509 e. The Morgan fingerprint density at radius 3 is 2.25 bits per heavy atom. The van der Waals surface area contributed by atoms with Gasteiger partial charge in [0.1, 0.15) is 23.3 Å². The number of hydrogen-bond acceptors (Lipinski definition) is 16. The van der Waals surface area contributed by atoms with E-state index in [1.165, 1.54) is 59.3 Å². The first-order chi connectivity index (χ1) is 32.6. The summed E-state index contributed by atoms with van der Waals surface area (Å²) >= 11 is 0. The Bertz CT molecular complexity index is 2630. The van der Waals surface area contributed by atoms with E-state index in [1.807, 2.05) is 0 Å². The number of hydrogen-bond donors (Lipinski definition) is 5. The molecule has 0 radical (unpaired) electrons. The maximum absolute atomic E-state index is 14.6. The van der Waals surface area contributed by atoms with Crippen LogP contribution in [0, 0.1) is 41.4 Å². The molecular weight excluding hydrogens is 891 g/mol. The highest BCUT2D eigenvalue weighted by molar-refractivity contribution is 6.06. The molecule has 8 aliphatic rings. The molecule has 4 unspecified atom stereocenters. The number of ether oxygens (including phenoxy) is 5. The number of aromatic nitrogens is 1. The average molecular weight is 956 g/mol. The number of amides is 1. The highest BCUT2D eigenvalue weighted by atomic mass is 16.7. The zero-order valence-electron chi connectivity index (χ0n) is 41.1. The molecule has 17 heteroatoms. The molecule has 13 atom stereocenters. The van der Waals surface area contributed by atoms with Gasteiger partial charge in [0.2, 0.25) is 5.43 Å². The van der Waals surface area contributed by atoms with Gasteiger partial charge in [-0.05, 0) is 39.7 Å². The molecular formula is C52H65N3O14. The number of rotatable bonds is 4. The molecule has 372 valence electrons. The summed E-state index contributed by atoms with van der Waals surface area (Å²) < 4.78 is 36.7. The maximum atomic E-state index is 14.6. The van der Waals surface area contributed by atoms with E-state index >= 15 is 0 Å². The number of aliphatic hydroxyl groups is 4. The number of anilines is 1. The van der Waals surface area contributed by atoms with Crippen LogP contribution in [0.25, 0.3) is 17.2 Å². The molecule has 1 saturated carbocycles. The Morgan fingerprint density at radius 2 is 1.61 bits per heavy atom. The van der Waals surface area contributed by atoms with Crippen molar-refractivity contribution in [1.29, 1.82) is 0 Å². The molecule has 0 aromatic rings. The zero-order valence-corrected chi connectivity index (χ0v) is 41.1. The second-order valence-electron chi connectivity index (χ2n) is 20.2. The van der Waals surface area contributed by atoms with Crippen molar-refractivity contribution in [2.75, 3.05) is 32.2 Å². The number of Topliss-reactive ketones (excluding diaryl/α,β-unsaturated/α-hetero) is 1. The van der Waals surface area contributed by atoms with E-state index in [0.717, 1.165) is 12.8 Å². The van der Waals surface area contributed by atoms with E-state index in [9.17, 15) is 39.6 Å². The van der Waals surface area contributed by atoms with Crippen molar-refractivity contribution in [3.05, 3.63) is 98.4 Å². The number of carbonyl (C=O) groups excluding carboxylic acids is 3. The zero-order chi connectivity index (χ0) is 50.2. The lowest BCUT2D eigenvalue weighted by Crippen LogP contribution is -2.53. The second kappa shape index (κ2) is 18.5. The molecule has 1 amide bonds. The first-order valence-corrected chi connectivity index (χ1v) is 23.7. The fourth-order valence-corrected chi connectivity index (χ4v) is 11.5. The lowest BCUT2D eigenvalue weighted by molar-refractivity contribution is -0.160. The number of piperidine rings is 1. The van der Waals surface area contributed by atoms with Gasteiger partial charge < -0.3 is 58.7 Å². The lowest BCUT2D eigenvalue weighted by Gasteiger charge is -2.45. The van der Waals surface area contributed by atoms with Crippen LogP contribution in [0.2, 0.25) is 0 Å². The Morgan fingerprint density at radius 1 is 0.928 bits per heavy atom. The highest BCUT2D eigenvalue weighted by Gasteiger charge is 2.58. The van der Waals surface area contributed by atoms with E-state index in [-0.39, 0.29) is 68.5 Å². The molecule has 0 aromatic carbocycles. The summed E-state index contributed by atoms with van der Waals surface area (Å²) in [5.74, 6) is -9.78.